The van der Waals surface area contributed by atoms with E-state index in [9.17, 15) is 15.0 Å². The number of aliphatic imine (C=N–C) groups is 1. The Kier molecular flexibility index (Phi) is 9.51. The number of aliphatic hydroxyl groups is 1. The first-order valence-electron chi connectivity index (χ1n) is 12.0. The molecular weight excluding hydrogens is 470 g/mol. The average Bonchev–Trinajstić information content (AvgIpc) is 3.13. The van der Waals surface area contributed by atoms with Crippen LogP contribution in [0.25, 0.3) is 0 Å². The van der Waals surface area contributed by atoms with Gasteiger partial charge in [-0.25, -0.2) is 15.0 Å². The summed E-state index contributed by atoms with van der Waals surface area (Å²) >= 11 is 1.25. The molecule has 1 fully saturated rings. The number of hydrogen-bond acceptors (Lipinski definition) is 10. The van der Waals surface area contributed by atoms with Crippen LogP contribution in [0.5, 0.6) is 0 Å². The van der Waals surface area contributed by atoms with Crippen molar-refractivity contribution < 1.29 is 24.5 Å². The highest BCUT2D eigenvalue weighted by Gasteiger charge is 2.38. The summed E-state index contributed by atoms with van der Waals surface area (Å²) in [5.74, 6) is 0.0773. The molecule has 1 aliphatic heterocycles. The number of aromatic nitrogens is 2. The Labute approximate surface area is 211 Å². The minimum absolute atomic E-state index is 0.0153. The standard InChI is InChI=1S/C24H37N5O5S/c1-6-11-25-17(33-16-9-7-15(8-10-16)29-23(32)34-24(3,4)5)12-26-20-18-14(2)19(22(30)31)35-21(18)28-13-27-20/h6,11,13-16,19,23,29,32H,7-10,12H2,1-5H3,(H,30,31)(H,26,27,28). The van der Waals surface area contributed by atoms with E-state index in [0.717, 1.165) is 31.2 Å². The average molecular weight is 508 g/mol. The molecule has 2 heterocycles. The monoisotopic (exact) mass is 507 g/mol. The molecule has 0 aromatic carbocycles. The highest BCUT2D eigenvalue weighted by molar-refractivity contribution is 8.00. The van der Waals surface area contributed by atoms with Gasteiger partial charge in [0.2, 0.25) is 12.3 Å². The van der Waals surface area contributed by atoms with Crippen LogP contribution < -0.4 is 10.6 Å². The number of nitrogens with one attached hydrogen (secondary N) is 2. The Morgan fingerprint density at radius 3 is 2.66 bits per heavy atom. The molecule has 2 aliphatic rings. The van der Waals surface area contributed by atoms with Crippen molar-refractivity contribution in [1.29, 1.82) is 0 Å². The van der Waals surface area contributed by atoms with Crippen LogP contribution in [0.15, 0.2) is 28.6 Å². The van der Waals surface area contributed by atoms with Gasteiger partial charge in [0.05, 0.1) is 12.1 Å². The van der Waals surface area contributed by atoms with Crippen LogP contribution in [0.3, 0.4) is 0 Å². The number of anilines is 1. The quantitative estimate of drug-likeness (QED) is 0.170. The predicted molar refractivity (Wildman–Crippen MR) is 136 cm³/mol. The maximum absolute atomic E-state index is 11.6. The van der Waals surface area contributed by atoms with Crippen LogP contribution in [-0.2, 0) is 14.3 Å². The lowest BCUT2D eigenvalue weighted by molar-refractivity contribution is -0.187. The number of carbonyl (C=O) groups is 1. The number of aliphatic carboxylic acids is 1. The van der Waals surface area contributed by atoms with Crippen LogP contribution in [0.1, 0.15) is 71.8 Å². The van der Waals surface area contributed by atoms with Crippen molar-refractivity contribution in [3.63, 3.8) is 0 Å². The van der Waals surface area contributed by atoms with Crippen molar-refractivity contribution in [1.82, 2.24) is 15.3 Å². The summed E-state index contributed by atoms with van der Waals surface area (Å²) in [7, 11) is 0. The molecule has 1 aromatic heterocycles. The molecule has 3 unspecified atom stereocenters. The van der Waals surface area contributed by atoms with Crippen molar-refractivity contribution in [3.05, 3.63) is 24.2 Å². The smallest absolute Gasteiger partial charge is 0.317 e. The molecule has 11 heteroatoms. The van der Waals surface area contributed by atoms with Gasteiger partial charge in [-0.05, 0) is 53.4 Å². The first-order chi connectivity index (χ1) is 16.6. The fourth-order valence-corrected chi connectivity index (χ4v) is 5.41. The summed E-state index contributed by atoms with van der Waals surface area (Å²) < 4.78 is 11.8. The molecule has 0 bridgehead atoms. The lowest BCUT2D eigenvalue weighted by Crippen LogP contribution is -2.45. The zero-order chi connectivity index (χ0) is 25.6. The molecule has 0 spiro atoms. The van der Waals surface area contributed by atoms with Gasteiger partial charge in [-0.15, -0.1) is 0 Å². The predicted octanol–water partition coefficient (Wildman–Crippen LogP) is 3.49. The van der Waals surface area contributed by atoms with Crippen LogP contribution in [0.2, 0.25) is 0 Å². The molecule has 35 heavy (non-hydrogen) atoms. The molecule has 3 rings (SSSR count). The molecule has 194 valence electrons. The lowest BCUT2D eigenvalue weighted by atomic mass is 9.93. The number of carboxylic acids is 1. The van der Waals surface area contributed by atoms with Crippen LogP contribution in [0.4, 0.5) is 5.82 Å². The Hall–Kier alpha value is -2.21. The van der Waals surface area contributed by atoms with Crippen LogP contribution in [-0.4, -0.2) is 68.0 Å². The zero-order valence-electron chi connectivity index (χ0n) is 21.0. The van der Waals surface area contributed by atoms with E-state index in [4.69, 9.17) is 9.47 Å². The number of carboxylic acid groups (broad SMARTS) is 1. The number of rotatable bonds is 9. The SMILES string of the molecule is CC=CN=C(CNc1ncnc2c1C(C)C(C(=O)O)S2)OC1CCC(NC(O)OC(C)(C)C)CC1. The number of ether oxygens (including phenoxy) is 2. The second-order valence-corrected chi connectivity index (χ2v) is 10.9. The van der Waals surface area contributed by atoms with Gasteiger partial charge in [-0.2, -0.15) is 0 Å². The highest BCUT2D eigenvalue weighted by atomic mass is 32.2. The zero-order valence-corrected chi connectivity index (χ0v) is 21.8. The molecule has 3 atom stereocenters. The summed E-state index contributed by atoms with van der Waals surface area (Å²) in [6.07, 6.45) is 7.34. The normalized spacial score (nSPS) is 25.9. The van der Waals surface area contributed by atoms with E-state index >= 15 is 0 Å². The highest BCUT2D eigenvalue weighted by Crippen LogP contribution is 2.46. The van der Waals surface area contributed by atoms with Crippen molar-refractivity contribution >= 4 is 29.4 Å². The third-order valence-corrected chi connectivity index (χ3v) is 7.25. The fraction of sp³-hybridized carbons (Fsp3) is 0.667. The first kappa shape index (κ1) is 27.4. The van der Waals surface area contributed by atoms with Gasteiger partial charge < -0.3 is 25.0 Å². The van der Waals surface area contributed by atoms with E-state index in [2.05, 4.69) is 25.6 Å². The molecule has 1 aliphatic carbocycles. The molecule has 4 N–H and O–H groups in total. The van der Waals surface area contributed by atoms with Gasteiger partial charge in [0.1, 0.15) is 28.5 Å². The van der Waals surface area contributed by atoms with E-state index in [1.807, 2.05) is 40.7 Å². The van der Waals surface area contributed by atoms with Gasteiger partial charge in [0.15, 0.2) is 0 Å². The summed E-state index contributed by atoms with van der Waals surface area (Å²) in [5, 5.41) is 26.1. The largest absolute Gasteiger partial charge is 0.480 e. The number of hydrogen-bond donors (Lipinski definition) is 4. The van der Waals surface area contributed by atoms with Crippen molar-refractivity contribution in [2.24, 2.45) is 4.99 Å². The Bertz CT molecular complexity index is 927. The maximum atomic E-state index is 11.6. The van der Waals surface area contributed by atoms with Crippen LogP contribution >= 0.6 is 11.8 Å². The molecule has 0 radical (unpaired) electrons. The van der Waals surface area contributed by atoms with Gasteiger partial charge in [-0.1, -0.05) is 24.8 Å². The maximum Gasteiger partial charge on any atom is 0.317 e. The van der Waals surface area contributed by atoms with Crippen LogP contribution in [0, 0.1) is 0 Å². The molecule has 1 aromatic rings. The third-order valence-electron chi connectivity index (χ3n) is 5.83. The van der Waals surface area contributed by atoms with Gasteiger partial charge in [0.25, 0.3) is 0 Å². The summed E-state index contributed by atoms with van der Waals surface area (Å²) in [5.41, 5.74) is 0.394. The van der Waals surface area contributed by atoms with Gasteiger partial charge in [-0.3, -0.25) is 10.1 Å². The molecule has 10 nitrogen and oxygen atoms in total. The fourth-order valence-electron chi connectivity index (χ4n) is 4.21. The second kappa shape index (κ2) is 12.2. The summed E-state index contributed by atoms with van der Waals surface area (Å²) in [6.45, 7) is 9.80. The number of nitrogens with zero attached hydrogens (tertiary/aromatic N) is 3. The Morgan fingerprint density at radius 1 is 1.31 bits per heavy atom. The van der Waals surface area contributed by atoms with E-state index in [1.54, 1.807) is 6.20 Å². The Balaban J connectivity index is 1.56. The van der Waals surface area contributed by atoms with Gasteiger partial charge in [0, 0.05) is 23.7 Å². The van der Waals surface area contributed by atoms with E-state index in [-0.39, 0.29) is 18.1 Å². The molecule has 0 amide bonds. The molecule has 1 saturated carbocycles. The summed E-state index contributed by atoms with van der Waals surface area (Å²) in [6, 6.07) is 0.158. The van der Waals surface area contributed by atoms with Crippen molar-refractivity contribution in [2.45, 2.75) is 101 Å². The number of allylic oxidation sites excluding steroid dienone is 1. The number of thioether (sulfide) groups is 1. The minimum Gasteiger partial charge on any atom is -0.480 e. The lowest BCUT2D eigenvalue weighted by Gasteiger charge is -2.33. The number of fused-ring (bicyclic) bond motifs is 1. The summed E-state index contributed by atoms with van der Waals surface area (Å²) in [4.78, 5) is 24.6. The molecule has 0 saturated heterocycles. The minimum atomic E-state index is -0.996. The van der Waals surface area contributed by atoms with E-state index in [1.165, 1.54) is 18.1 Å². The second-order valence-electron chi connectivity index (χ2n) is 9.81. The van der Waals surface area contributed by atoms with Crippen molar-refractivity contribution in [2.75, 3.05) is 11.9 Å². The van der Waals surface area contributed by atoms with E-state index < -0.39 is 23.2 Å². The van der Waals surface area contributed by atoms with E-state index in [0.29, 0.717) is 23.3 Å². The third kappa shape index (κ3) is 7.89. The Morgan fingerprint density at radius 2 is 2.03 bits per heavy atom. The topological polar surface area (TPSA) is 138 Å². The van der Waals surface area contributed by atoms with Crippen molar-refractivity contribution in [3.8, 4) is 0 Å². The number of aliphatic hydroxyl groups excluding tert-OH is 1. The van der Waals surface area contributed by atoms with Gasteiger partial charge >= 0.3 is 5.97 Å². The molecular formula is C24H37N5O5S. The first-order valence-corrected chi connectivity index (χ1v) is 12.9.